The van der Waals surface area contributed by atoms with Crippen LogP contribution in [0.3, 0.4) is 0 Å². The van der Waals surface area contributed by atoms with Crippen LogP contribution in [0.25, 0.3) is 0 Å². The standard InChI is InChI=1S/C25H40N4O2/c1-15-12-20-18-7-6-17-13-23(3,31)10-11-24(17,4)19(18)8-9-25(20,5)22(15)21(30)14-29-16(2)26-27-28-29/h15,17-20,22,31H,6-14H2,1-5H3/t15-,17+,18-,19+,20+,22-,23-,24+,25+/m1/s1. The van der Waals surface area contributed by atoms with Gasteiger partial charge in [0.05, 0.1) is 5.60 Å². The molecule has 31 heavy (non-hydrogen) atoms. The fourth-order valence-electron chi connectivity index (χ4n) is 9.12. The lowest BCUT2D eigenvalue weighted by atomic mass is 9.44. The van der Waals surface area contributed by atoms with Gasteiger partial charge in [0.1, 0.15) is 12.4 Å². The van der Waals surface area contributed by atoms with Crippen LogP contribution in [0.4, 0.5) is 0 Å². The average molecular weight is 429 g/mol. The summed E-state index contributed by atoms with van der Waals surface area (Å²) in [7, 11) is 0. The highest BCUT2D eigenvalue weighted by molar-refractivity contribution is 5.82. The van der Waals surface area contributed by atoms with Gasteiger partial charge in [-0.15, -0.1) is 5.10 Å². The molecule has 0 unspecified atom stereocenters. The van der Waals surface area contributed by atoms with E-state index < -0.39 is 5.60 Å². The zero-order chi connectivity index (χ0) is 22.2. The third-order valence-corrected chi connectivity index (χ3v) is 10.7. The molecule has 9 atom stereocenters. The number of hydrogen-bond donors (Lipinski definition) is 1. The van der Waals surface area contributed by atoms with Crippen LogP contribution in [-0.4, -0.2) is 36.7 Å². The molecular formula is C25H40N4O2. The molecule has 0 saturated heterocycles. The number of ketones is 1. The van der Waals surface area contributed by atoms with Crippen LogP contribution in [0.5, 0.6) is 0 Å². The first-order valence-corrected chi connectivity index (χ1v) is 12.5. The van der Waals surface area contributed by atoms with Crippen molar-refractivity contribution >= 4 is 5.78 Å². The quantitative estimate of drug-likeness (QED) is 0.780. The fraction of sp³-hybridized carbons (Fsp3) is 0.920. The van der Waals surface area contributed by atoms with Gasteiger partial charge in [-0.2, -0.15) is 0 Å². The van der Waals surface area contributed by atoms with Gasteiger partial charge in [-0.25, -0.2) is 4.68 Å². The Morgan fingerprint density at radius 1 is 1.10 bits per heavy atom. The number of carbonyl (C=O) groups excluding carboxylic acids is 1. The average Bonchev–Trinajstić information content (AvgIpc) is 3.21. The maximum Gasteiger partial charge on any atom is 0.158 e. The van der Waals surface area contributed by atoms with Crippen molar-refractivity contribution in [2.45, 2.75) is 98.1 Å². The molecular weight excluding hydrogens is 388 g/mol. The second-order valence-corrected chi connectivity index (χ2v) is 12.4. The van der Waals surface area contributed by atoms with E-state index in [1.165, 1.54) is 25.7 Å². The third-order valence-electron chi connectivity index (χ3n) is 10.7. The van der Waals surface area contributed by atoms with E-state index in [4.69, 9.17) is 0 Å². The van der Waals surface area contributed by atoms with E-state index in [0.29, 0.717) is 41.3 Å². The van der Waals surface area contributed by atoms with Crippen LogP contribution in [0.2, 0.25) is 0 Å². The fourth-order valence-corrected chi connectivity index (χ4v) is 9.12. The number of nitrogens with zero attached hydrogens (tertiary/aromatic N) is 4. The largest absolute Gasteiger partial charge is 0.390 e. The predicted octanol–water partition coefficient (Wildman–Crippen LogP) is 4.21. The zero-order valence-corrected chi connectivity index (χ0v) is 20.0. The number of aromatic nitrogens is 4. The summed E-state index contributed by atoms with van der Waals surface area (Å²) >= 11 is 0. The molecule has 0 amide bonds. The van der Waals surface area contributed by atoms with E-state index in [0.717, 1.165) is 37.5 Å². The first-order chi connectivity index (χ1) is 14.6. The Kier molecular flexibility index (Phi) is 4.93. The van der Waals surface area contributed by atoms with E-state index in [1.807, 2.05) is 13.8 Å². The monoisotopic (exact) mass is 428 g/mol. The van der Waals surface area contributed by atoms with Gasteiger partial charge in [0, 0.05) is 5.92 Å². The SMILES string of the molecule is Cc1nnnn1CC(=O)[C@H]1[C@H](C)C[C@H]2[C@@H]3CC[C@H]4C[C@](C)(O)CC[C@]4(C)[C@H]3CC[C@@]21C. The third kappa shape index (κ3) is 3.22. The summed E-state index contributed by atoms with van der Waals surface area (Å²) in [6, 6.07) is 0. The molecule has 4 saturated carbocycles. The summed E-state index contributed by atoms with van der Waals surface area (Å²) in [5.74, 6) is 4.35. The van der Waals surface area contributed by atoms with Crippen molar-refractivity contribution in [2.24, 2.45) is 46.3 Å². The molecule has 1 aromatic heterocycles. The lowest BCUT2D eigenvalue weighted by Gasteiger charge is -2.61. The maximum atomic E-state index is 13.5. The number of fused-ring (bicyclic) bond motifs is 5. The summed E-state index contributed by atoms with van der Waals surface area (Å²) in [4.78, 5) is 13.5. The van der Waals surface area contributed by atoms with Gasteiger partial charge in [0.15, 0.2) is 5.78 Å². The van der Waals surface area contributed by atoms with Gasteiger partial charge in [0.25, 0.3) is 0 Å². The van der Waals surface area contributed by atoms with E-state index >= 15 is 0 Å². The van der Waals surface area contributed by atoms with Crippen LogP contribution in [0, 0.1) is 53.3 Å². The normalized spacial score (nSPS) is 49.2. The summed E-state index contributed by atoms with van der Waals surface area (Å²) in [6.07, 6.45) is 9.18. The summed E-state index contributed by atoms with van der Waals surface area (Å²) in [5, 5.41) is 22.4. The summed E-state index contributed by atoms with van der Waals surface area (Å²) in [5.41, 5.74) is -0.0157. The van der Waals surface area contributed by atoms with Gasteiger partial charge >= 0.3 is 0 Å². The molecule has 0 spiro atoms. The number of aliphatic hydroxyl groups is 1. The Morgan fingerprint density at radius 2 is 1.87 bits per heavy atom. The Morgan fingerprint density at radius 3 is 2.58 bits per heavy atom. The molecule has 5 rings (SSSR count). The van der Waals surface area contributed by atoms with Crippen molar-refractivity contribution < 1.29 is 9.90 Å². The first-order valence-electron chi connectivity index (χ1n) is 12.5. The second kappa shape index (κ2) is 7.10. The molecule has 1 heterocycles. The zero-order valence-electron chi connectivity index (χ0n) is 20.0. The second-order valence-electron chi connectivity index (χ2n) is 12.4. The molecule has 1 N–H and O–H groups in total. The highest BCUT2D eigenvalue weighted by Gasteiger charge is 2.63. The first kappa shape index (κ1) is 21.5. The molecule has 0 bridgehead atoms. The lowest BCUT2D eigenvalue weighted by molar-refractivity contribution is -0.151. The van der Waals surface area contributed by atoms with E-state index in [2.05, 4.69) is 36.3 Å². The minimum absolute atomic E-state index is 0.100. The van der Waals surface area contributed by atoms with E-state index in [-0.39, 0.29) is 11.3 Å². The highest BCUT2D eigenvalue weighted by atomic mass is 16.3. The van der Waals surface area contributed by atoms with Crippen molar-refractivity contribution in [1.29, 1.82) is 0 Å². The Bertz CT molecular complexity index is 865. The molecule has 4 aliphatic carbocycles. The van der Waals surface area contributed by atoms with E-state index in [9.17, 15) is 9.90 Å². The Labute approximate surface area is 186 Å². The molecule has 172 valence electrons. The molecule has 4 fully saturated rings. The van der Waals surface area contributed by atoms with Crippen LogP contribution in [-0.2, 0) is 11.3 Å². The topological polar surface area (TPSA) is 80.9 Å². The molecule has 4 aliphatic rings. The Hall–Kier alpha value is -1.30. The molecule has 0 aromatic carbocycles. The molecule has 0 aliphatic heterocycles. The van der Waals surface area contributed by atoms with Gasteiger partial charge in [0.2, 0.25) is 0 Å². The van der Waals surface area contributed by atoms with Gasteiger partial charge < -0.3 is 5.11 Å². The highest BCUT2D eigenvalue weighted by Crippen LogP contribution is 2.68. The van der Waals surface area contributed by atoms with Gasteiger partial charge in [-0.1, -0.05) is 20.8 Å². The number of aryl methyl sites for hydroxylation is 1. The molecule has 0 radical (unpaired) electrons. The molecule has 1 aromatic rings. The van der Waals surface area contributed by atoms with Crippen LogP contribution >= 0.6 is 0 Å². The van der Waals surface area contributed by atoms with Crippen LogP contribution in [0.1, 0.15) is 84.9 Å². The number of Topliss-reactive ketones (excluding diaryl/α,β-unsaturated/α-hetero) is 1. The summed E-state index contributed by atoms with van der Waals surface area (Å²) in [6.45, 7) is 11.5. The van der Waals surface area contributed by atoms with Gasteiger partial charge in [-0.3, -0.25) is 4.79 Å². The minimum atomic E-state index is -0.478. The van der Waals surface area contributed by atoms with Crippen molar-refractivity contribution in [3.63, 3.8) is 0 Å². The minimum Gasteiger partial charge on any atom is -0.390 e. The van der Waals surface area contributed by atoms with Crippen LogP contribution in [0.15, 0.2) is 0 Å². The summed E-state index contributed by atoms with van der Waals surface area (Å²) < 4.78 is 1.66. The number of tetrazole rings is 1. The van der Waals surface area contributed by atoms with E-state index in [1.54, 1.807) is 4.68 Å². The lowest BCUT2D eigenvalue weighted by Crippen LogP contribution is -2.55. The predicted molar refractivity (Wildman–Crippen MR) is 118 cm³/mol. The van der Waals surface area contributed by atoms with Crippen molar-refractivity contribution in [3.8, 4) is 0 Å². The Balaban J connectivity index is 1.39. The van der Waals surface area contributed by atoms with Crippen molar-refractivity contribution in [1.82, 2.24) is 20.2 Å². The molecule has 6 heteroatoms. The van der Waals surface area contributed by atoms with Crippen molar-refractivity contribution in [3.05, 3.63) is 5.82 Å². The van der Waals surface area contributed by atoms with Gasteiger partial charge in [-0.05, 0) is 116 Å². The van der Waals surface area contributed by atoms with Crippen LogP contribution < -0.4 is 0 Å². The van der Waals surface area contributed by atoms with Crippen molar-refractivity contribution in [2.75, 3.05) is 0 Å². The smallest absolute Gasteiger partial charge is 0.158 e. The number of rotatable bonds is 3. The molecule has 6 nitrogen and oxygen atoms in total. The maximum absolute atomic E-state index is 13.5. The number of carbonyl (C=O) groups is 1. The number of hydrogen-bond acceptors (Lipinski definition) is 5.